The molecule has 7 nitrogen and oxygen atoms in total. The number of hydrogen-bond acceptors (Lipinski definition) is 5. The highest BCUT2D eigenvalue weighted by Crippen LogP contribution is 2.39. The fourth-order valence-electron chi connectivity index (χ4n) is 4.27. The molecule has 1 fully saturated rings. The Labute approximate surface area is 175 Å². The predicted octanol–water partition coefficient (Wildman–Crippen LogP) is 2.87. The van der Waals surface area contributed by atoms with Crippen LogP contribution in [0.15, 0.2) is 36.4 Å². The van der Waals surface area contributed by atoms with Gasteiger partial charge in [0.05, 0.1) is 33.3 Å². The van der Waals surface area contributed by atoms with Crippen molar-refractivity contribution in [1.29, 1.82) is 0 Å². The summed E-state index contributed by atoms with van der Waals surface area (Å²) in [5.41, 5.74) is 2.98. The topological polar surface area (TPSA) is 77.1 Å². The molecule has 2 atom stereocenters. The molecule has 7 heteroatoms. The SMILES string of the molecule is COc1ccc(N2CC(C(=O)NC3CCc4cc(OC)c(OC)cc43)CC2=O)cc1. The number of hydrogen-bond donors (Lipinski definition) is 1. The highest BCUT2D eigenvalue weighted by molar-refractivity contribution is 6.00. The van der Waals surface area contributed by atoms with E-state index in [4.69, 9.17) is 14.2 Å². The number of anilines is 1. The van der Waals surface area contributed by atoms with E-state index in [1.165, 1.54) is 0 Å². The molecule has 0 aromatic heterocycles. The van der Waals surface area contributed by atoms with Crippen LogP contribution in [-0.2, 0) is 16.0 Å². The Morgan fingerprint density at radius 3 is 2.40 bits per heavy atom. The third kappa shape index (κ3) is 3.67. The van der Waals surface area contributed by atoms with Gasteiger partial charge in [-0.05, 0) is 60.4 Å². The second-order valence-corrected chi connectivity index (χ2v) is 7.61. The molecule has 0 spiro atoms. The van der Waals surface area contributed by atoms with E-state index in [0.717, 1.165) is 35.4 Å². The van der Waals surface area contributed by atoms with Crippen LogP contribution in [-0.4, -0.2) is 39.7 Å². The van der Waals surface area contributed by atoms with Crippen molar-refractivity contribution < 1.29 is 23.8 Å². The summed E-state index contributed by atoms with van der Waals surface area (Å²) >= 11 is 0. The molecule has 2 unspecified atom stereocenters. The molecule has 1 saturated heterocycles. The first-order valence-corrected chi connectivity index (χ1v) is 10.0. The van der Waals surface area contributed by atoms with Crippen LogP contribution in [0, 0.1) is 5.92 Å². The second-order valence-electron chi connectivity index (χ2n) is 7.61. The number of carbonyl (C=O) groups is 2. The number of carbonyl (C=O) groups excluding carboxylic acids is 2. The maximum absolute atomic E-state index is 12.9. The molecule has 30 heavy (non-hydrogen) atoms. The van der Waals surface area contributed by atoms with Crippen LogP contribution < -0.4 is 24.4 Å². The number of benzene rings is 2. The van der Waals surface area contributed by atoms with E-state index < -0.39 is 0 Å². The molecule has 2 amide bonds. The molecular weight excluding hydrogens is 384 g/mol. The zero-order valence-electron chi connectivity index (χ0n) is 17.4. The largest absolute Gasteiger partial charge is 0.497 e. The first-order valence-electron chi connectivity index (χ1n) is 10.0. The van der Waals surface area contributed by atoms with Crippen molar-refractivity contribution in [3.63, 3.8) is 0 Å². The maximum atomic E-state index is 12.9. The highest BCUT2D eigenvalue weighted by atomic mass is 16.5. The standard InChI is InChI=1S/C23H26N2O5/c1-28-17-7-5-16(6-8-17)25-13-15(11-22(25)26)23(27)24-19-9-4-14-10-20(29-2)21(30-3)12-18(14)19/h5-8,10,12,15,19H,4,9,11,13H2,1-3H3,(H,24,27). The van der Waals surface area contributed by atoms with E-state index in [1.54, 1.807) is 26.2 Å². The molecule has 1 aliphatic carbocycles. The van der Waals surface area contributed by atoms with Crippen LogP contribution in [0.1, 0.15) is 30.0 Å². The summed E-state index contributed by atoms with van der Waals surface area (Å²) in [5.74, 6) is 1.57. The van der Waals surface area contributed by atoms with Crippen LogP contribution in [0.3, 0.4) is 0 Å². The zero-order chi connectivity index (χ0) is 21.3. The summed E-state index contributed by atoms with van der Waals surface area (Å²) in [6.07, 6.45) is 1.89. The quantitative estimate of drug-likeness (QED) is 0.793. The number of rotatable bonds is 6. The monoisotopic (exact) mass is 410 g/mol. The van der Waals surface area contributed by atoms with Crippen molar-refractivity contribution in [3.8, 4) is 17.2 Å². The van der Waals surface area contributed by atoms with Gasteiger partial charge in [0.2, 0.25) is 11.8 Å². The van der Waals surface area contributed by atoms with Crippen molar-refractivity contribution in [2.24, 2.45) is 5.92 Å². The van der Waals surface area contributed by atoms with E-state index in [1.807, 2.05) is 36.4 Å². The summed E-state index contributed by atoms with van der Waals surface area (Å²) < 4.78 is 16.0. The minimum absolute atomic E-state index is 0.0430. The van der Waals surface area contributed by atoms with Crippen molar-refractivity contribution in [3.05, 3.63) is 47.5 Å². The number of ether oxygens (including phenoxy) is 3. The first kappa shape index (κ1) is 20.1. The molecule has 2 aromatic carbocycles. The predicted molar refractivity (Wildman–Crippen MR) is 112 cm³/mol. The fraction of sp³-hybridized carbons (Fsp3) is 0.391. The van der Waals surface area contributed by atoms with Crippen molar-refractivity contribution >= 4 is 17.5 Å². The lowest BCUT2D eigenvalue weighted by molar-refractivity contribution is -0.127. The van der Waals surface area contributed by atoms with E-state index in [9.17, 15) is 9.59 Å². The van der Waals surface area contributed by atoms with E-state index >= 15 is 0 Å². The van der Waals surface area contributed by atoms with Gasteiger partial charge in [-0.1, -0.05) is 0 Å². The smallest absolute Gasteiger partial charge is 0.227 e. The second kappa shape index (κ2) is 8.26. The molecule has 0 bridgehead atoms. The van der Waals surface area contributed by atoms with Gasteiger partial charge in [-0.25, -0.2) is 0 Å². The normalized spacial score (nSPS) is 20.1. The number of amides is 2. The number of aryl methyl sites for hydroxylation is 1. The molecule has 0 saturated carbocycles. The average Bonchev–Trinajstić information content (AvgIpc) is 3.35. The van der Waals surface area contributed by atoms with Crippen LogP contribution in [0.4, 0.5) is 5.69 Å². The summed E-state index contributed by atoms with van der Waals surface area (Å²) in [7, 11) is 4.82. The molecular formula is C23H26N2O5. The number of nitrogens with one attached hydrogen (secondary N) is 1. The van der Waals surface area contributed by atoms with Gasteiger partial charge in [-0.15, -0.1) is 0 Å². The van der Waals surface area contributed by atoms with Crippen molar-refractivity contribution in [1.82, 2.24) is 5.32 Å². The van der Waals surface area contributed by atoms with Crippen molar-refractivity contribution in [2.75, 3.05) is 32.8 Å². The minimum Gasteiger partial charge on any atom is -0.497 e. The lowest BCUT2D eigenvalue weighted by Gasteiger charge is -2.19. The minimum atomic E-state index is -0.371. The lowest BCUT2D eigenvalue weighted by Crippen LogP contribution is -2.34. The summed E-state index contributed by atoms with van der Waals surface area (Å²) in [6.45, 7) is 0.377. The third-order valence-corrected chi connectivity index (χ3v) is 5.92. The van der Waals surface area contributed by atoms with Crippen molar-refractivity contribution in [2.45, 2.75) is 25.3 Å². The summed E-state index contributed by atoms with van der Waals surface area (Å²) in [5, 5.41) is 3.14. The van der Waals surface area contributed by atoms with Gasteiger partial charge in [-0.3, -0.25) is 9.59 Å². The lowest BCUT2D eigenvalue weighted by atomic mass is 10.0. The molecule has 2 aromatic rings. The van der Waals surface area contributed by atoms with Crippen LogP contribution in [0.2, 0.25) is 0 Å². The summed E-state index contributed by atoms with van der Waals surface area (Å²) in [6, 6.07) is 11.1. The van der Waals surface area contributed by atoms with Gasteiger partial charge in [0.25, 0.3) is 0 Å². The van der Waals surface area contributed by atoms with Crippen LogP contribution in [0.25, 0.3) is 0 Å². The zero-order valence-corrected chi connectivity index (χ0v) is 17.4. The molecule has 0 radical (unpaired) electrons. The van der Waals surface area contributed by atoms with E-state index in [2.05, 4.69) is 5.32 Å². The first-order chi connectivity index (χ1) is 14.5. The number of methoxy groups -OCH3 is 3. The Morgan fingerprint density at radius 1 is 1.03 bits per heavy atom. The Morgan fingerprint density at radius 2 is 1.73 bits per heavy atom. The van der Waals surface area contributed by atoms with Gasteiger partial charge >= 0.3 is 0 Å². The average molecular weight is 410 g/mol. The van der Waals surface area contributed by atoms with Crippen LogP contribution >= 0.6 is 0 Å². The van der Waals surface area contributed by atoms with E-state index in [-0.39, 0.29) is 30.2 Å². The van der Waals surface area contributed by atoms with Gasteiger partial charge in [0.1, 0.15) is 5.75 Å². The van der Waals surface area contributed by atoms with Gasteiger partial charge in [-0.2, -0.15) is 0 Å². The Hall–Kier alpha value is -3.22. The van der Waals surface area contributed by atoms with Gasteiger partial charge in [0.15, 0.2) is 11.5 Å². The molecule has 2 aliphatic rings. The molecule has 158 valence electrons. The Balaban J connectivity index is 1.45. The van der Waals surface area contributed by atoms with E-state index in [0.29, 0.717) is 18.0 Å². The Kier molecular flexibility index (Phi) is 5.53. The molecule has 4 rings (SSSR count). The van der Waals surface area contributed by atoms with Crippen LogP contribution in [0.5, 0.6) is 17.2 Å². The molecule has 1 heterocycles. The maximum Gasteiger partial charge on any atom is 0.227 e. The third-order valence-electron chi connectivity index (χ3n) is 5.92. The fourth-order valence-corrected chi connectivity index (χ4v) is 4.27. The highest BCUT2D eigenvalue weighted by Gasteiger charge is 2.37. The van der Waals surface area contributed by atoms with Gasteiger partial charge < -0.3 is 24.4 Å². The van der Waals surface area contributed by atoms with Gasteiger partial charge in [0, 0.05) is 18.7 Å². The molecule has 1 N–H and O–H groups in total. The summed E-state index contributed by atoms with van der Waals surface area (Å²) in [4.78, 5) is 27.1. The Bertz CT molecular complexity index is 957. The number of nitrogens with zero attached hydrogens (tertiary/aromatic N) is 1. The number of fused-ring (bicyclic) bond motifs is 1. The molecule has 1 aliphatic heterocycles.